The van der Waals surface area contributed by atoms with Gasteiger partial charge in [0, 0.05) is 23.3 Å². The summed E-state index contributed by atoms with van der Waals surface area (Å²) in [7, 11) is 0. The molecule has 0 amide bonds. The number of nitriles is 3. The maximum Gasteiger partial charge on any atom is 0.350 e. The van der Waals surface area contributed by atoms with Gasteiger partial charge in [0.25, 0.3) is 0 Å². The third-order valence-electron chi connectivity index (χ3n) is 9.01. The Labute approximate surface area is 269 Å². The second kappa shape index (κ2) is 10.3. The minimum Gasteiger partial charge on any atom is -0.481 e. The van der Waals surface area contributed by atoms with Gasteiger partial charge in [0.15, 0.2) is 0 Å². The van der Waals surface area contributed by atoms with Crippen molar-refractivity contribution in [1.82, 2.24) is 0 Å². The number of rotatable bonds is 2. The van der Waals surface area contributed by atoms with Crippen LogP contribution < -0.4 is 9.47 Å². The molecule has 8 rings (SSSR count). The van der Waals surface area contributed by atoms with Gasteiger partial charge in [-0.3, -0.25) is 0 Å². The van der Waals surface area contributed by atoms with Crippen molar-refractivity contribution < 1.29 is 9.47 Å². The van der Waals surface area contributed by atoms with Crippen LogP contribution in [0.15, 0.2) is 22.1 Å². The molecule has 4 aromatic rings. The molecular weight excluding hydrogens is 629 g/mol. The van der Waals surface area contributed by atoms with E-state index in [1.165, 1.54) is 65.8 Å². The van der Waals surface area contributed by atoms with E-state index in [9.17, 15) is 15.8 Å². The van der Waals surface area contributed by atoms with Gasteiger partial charge in [-0.25, -0.2) is 10.3 Å². The van der Waals surface area contributed by atoms with Crippen molar-refractivity contribution in [2.45, 2.75) is 75.4 Å². The van der Waals surface area contributed by atoms with E-state index in [4.69, 9.17) is 16.0 Å². The average molecular weight is 651 g/mol. The van der Waals surface area contributed by atoms with Gasteiger partial charge in [-0.05, 0) is 51.4 Å². The molecule has 0 saturated heterocycles. The van der Waals surface area contributed by atoms with Crippen molar-refractivity contribution >= 4 is 76.3 Å². The van der Waals surface area contributed by atoms with Crippen LogP contribution in [0, 0.1) is 40.6 Å². The Kier molecular flexibility index (Phi) is 6.42. The molecule has 2 fully saturated rings. The van der Waals surface area contributed by atoms with E-state index in [-0.39, 0.29) is 11.5 Å². The van der Waals surface area contributed by atoms with Crippen molar-refractivity contribution in [2.75, 3.05) is 0 Å². The molecule has 6 heterocycles. The van der Waals surface area contributed by atoms with Crippen molar-refractivity contribution in [3.05, 3.63) is 34.7 Å². The quantitative estimate of drug-likeness (QED) is 0.121. The minimum absolute atomic E-state index is 0.164. The van der Waals surface area contributed by atoms with E-state index in [1.54, 1.807) is 0 Å². The maximum atomic E-state index is 9.32. The zero-order chi connectivity index (χ0) is 30.1. The molecule has 44 heavy (non-hydrogen) atoms. The van der Waals surface area contributed by atoms with E-state index in [0.29, 0.717) is 10.0 Å². The van der Waals surface area contributed by atoms with Crippen LogP contribution >= 0.6 is 45.3 Å². The molecular formula is C32H22N6O2S4. The smallest absolute Gasteiger partial charge is 0.350 e. The summed E-state index contributed by atoms with van der Waals surface area (Å²) in [4.78, 5) is 16.4. The normalized spacial score (nSPS) is 18.8. The number of hydrogen-bond donors (Lipinski definition) is 0. The number of fused-ring (bicyclic) bond motifs is 11. The fraction of sp³-hybridized carbons (Fsp3) is 0.375. The van der Waals surface area contributed by atoms with Crippen LogP contribution in [0.5, 0.6) is 11.5 Å². The number of thiophene rings is 4. The molecule has 4 aromatic heterocycles. The predicted octanol–water partition coefficient (Wildman–Crippen LogP) is 10.1. The van der Waals surface area contributed by atoms with E-state index in [2.05, 4.69) is 14.8 Å². The summed E-state index contributed by atoms with van der Waals surface area (Å²) in [6.45, 7) is 7.29. The highest BCUT2D eigenvalue weighted by atomic mass is 32.1. The minimum atomic E-state index is -0.437. The molecule has 4 aliphatic rings. The molecule has 8 nitrogen and oxygen atoms in total. The number of aliphatic imine (C=N–C) groups is 2. The lowest BCUT2D eigenvalue weighted by Gasteiger charge is -2.40. The summed E-state index contributed by atoms with van der Waals surface area (Å²) in [5, 5.41) is 29.2. The van der Waals surface area contributed by atoms with E-state index >= 15 is 0 Å². The Morgan fingerprint density at radius 3 is 1.59 bits per heavy atom. The topological polar surface area (TPSA) is 119 Å². The third kappa shape index (κ3) is 3.99. The lowest BCUT2D eigenvalue weighted by atomic mass is 9.76. The molecule has 12 heteroatoms. The Morgan fingerprint density at radius 2 is 1.16 bits per heavy atom. The first kappa shape index (κ1) is 27.5. The van der Waals surface area contributed by atoms with E-state index in [1.807, 2.05) is 53.0 Å². The van der Waals surface area contributed by atoms with Gasteiger partial charge in [0.1, 0.15) is 45.9 Å². The molecule has 2 saturated carbocycles. The van der Waals surface area contributed by atoms with Crippen LogP contribution in [0.3, 0.4) is 0 Å². The van der Waals surface area contributed by atoms with Crippen molar-refractivity contribution in [3.8, 4) is 49.2 Å². The second-order valence-corrected chi connectivity index (χ2v) is 15.6. The summed E-state index contributed by atoms with van der Waals surface area (Å²) in [5.41, 5.74) is 1.50. The van der Waals surface area contributed by atoms with Gasteiger partial charge in [0.2, 0.25) is 10.7 Å². The molecule has 2 aliphatic carbocycles. The summed E-state index contributed by atoms with van der Waals surface area (Å²) in [5.74, 6) is 1.41. The first-order valence-corrected chi connectivity index (χ1v) is 17.8. The summed E-state index contributed by atoms with van der Waals surface area (Å²) >= 11 is 6.59. The van der Waals surface area contributed by atoms with Crippen LogP contribution in [0.25, 0.3) is 33.8 Å². The lowest BCUT2D eigenvalue weighted by molar-refractivity contribution is 0.0258. The van der Waals surface area contributed by atoms with Gasteiger partial charge in [-0.1, -0.05) is 35.7 Å². The highest BCUT2D eigenvalue weighted by Gasteiger charge is 2.50. The van der Waals surface area contributed by atoms with Crippen molar-refractivity contribution in [2.24, 2.45) is 9.98 Å². The predicted molar refractivity (Wildman–Crippen MR) is 175 cm³/mol. The Balaban J connectivity index is 1.38. The molecule has 2 aliphatic heterocycles. The first-order chi connectivity index (χ1) is 21.5. The van der Waals surface area contributed by atoms with Gasteiger partial charge >= 0.3 is 5.84 Å². The van der Waals surface area contributed by atoms with Crippen LogP contribution in [0.4, 0.5) is 10.0 Å². The zero-order valence-corrected chi connectivity index (χ0v) is 26.6. The highest BCUT2D eigenvalue weighted by molar-refractivity contribution is 7.34. The molecule has 216 valence electrons. The fourth-order valence-corrected chi connectivity index (χ4v) is 12.7. The molecule has 0 bridgehead atoms. The summed E-state index contributed by atoms with van der Waals surface area (Å²) < 4.78 is 16.5. The second-order valence-electron chi connectivity index (χ2n) is 11.5. The number of nitrogens with zero attached hydrogens (tertiary/aromatic N) is 6. The number of hydrogen-bond acceptors (Lipinski definition) is 11. The molecule has 2 spiro atoms. The molecule has 0 unspecified atom stereocenters. The van der Waals surface area contributed by atoms with Gasteiger partial charge in [-0.15, -0.1) is 34.0 Å². The van der Waals surface area contributed by atoms with Crippen LogP contribution in [-0.4, -0.2) is 11.5 Å². The third-order valence-corrected chi connectivity index (χ3v) is 13.9. The molecule has 0 N–H and O–H groups in total. The Morgan fingerprint density at radius 1 is 0.682 bits per heavy atom. The standard InChI is InChI=1S/C32H22N6O2S4/c1-36-20(16-35)38-22-13-19-26(42-22)28-24(32(40-19)10-6-3-7-11-32)30-29(44-28)23-27(43-30)25-18(39-31(23)8-4-2-5-9-31)12-21(41-25)37-17(14-33)15-34/h12-13H,2-11H2/b38-20+. The first-order valence-electron chi connectivity index (χ1n) is 14.5. The largest absolute Gasteiger partial charge is 0.481 e. The van der Waals surface area contributed by atoms with Gasteiger partial charge in [-0.2, -0.15) is 10.5 Å². The van der Waals surface area contributed by atoms with Crippen LogP contribution in [0.1, 0.15) is 75.3 Å². The number of amidine groups is 1. The molecule has 0 atom stereocenters. The fourth-order valence-electron chi connectivity index (χ4n) is 7.22. The van der Waals surface area contributed by atoms with E-state index in [0.717, 1.165) is 72.6 Å². The van der Waals surface area contributed by atoms with Gasteiger partial charge < -0.3 is 14.3 Å². The van der Waals surface area contributed by atoms with Crippen LogP contribution in [0.2, 0.25) is 0 Å². The highest BCUT2D eigenvalue weighted by Crippen LogP contribution is 2.66. The van der Waals surface area contributed by atoms with Crippen molar-refractivity contribution in [1.29, 1.82) is 15.8 Å². The monoisotopic (exact) mass is 650 g/mol. The summed E-state index contributed by atoms with van der Waals surface area (Å²) in [6, 6.07) is 9.42. The molecule has 0 radical (unpaired) electrons. The Hall–Kier alpha value is -4.04. The zero-order valence-electron chi connectivity index (χ0n) is 23.4. The summed E-state index contributed by atoms with van der Waals surface area (Å²) in [6.07, 6.45) is 10.5. The average Bonchev–Trinajstić information content (AvgIpc) is 3.81. The SMILES string of the molecule is [C-]#[N+]/C(C#N)=N/c1cc2c(s1)-c1sc3c4c(sc3c1C1(CCCCC1)O2)-c1sc(N=C(C#N)C#N)cc1OC41CCCCC1. The number of ether oxygens (including phenoxy) is 2. The van der Waals surface area contributed by atoms with Gasteiger partial charge in [0.05, 0.1) is 28.9 Å². The van der Waals surface area contributed by atoms with Crippen molar-refractivity contribution in [3.63, 3.8) is 0 Å². The van der Waals surface area contributed by atoms with Crippen LogP contribution in [-0.2, 0) is 11.2 Å². The Bertz CT molecular complexity index is 1920. The lowest BCUT2D eigenvalue weighted by Crippen LogP contribution is -2.37. The maximum absolute atomic E-state index is 9.32. The molecule has 0 aromatic carbocycles. The van der Waals surface area contributed by atoms with E-state index < -0.39 is 11.2 Å².